The van der Waals surface area contributed by atoms with Crippen molar-refractivity contribution in [2.75, 3.05) is 0 Å². The Morgan fingerprint density at radius 3 is 2.45 bits per heavy atom. The maximum Gasteiger partial charge on any atom is 0.329 e. The van der Waals surface area contributed by atoms with Crippen molar-refractivity contribution < 1.29 is 8.78 Å². The molecule has 0 amide bonds. The highest BCUT2D eigenvalue weighted by Gasteiger charge is 2.38. The van der Waals surface area contributed by atoms with Crippen LogP contribution >= 0.6 is 35.0 Å². The van der Waals surface area contributed by atoms with Crippen LogP contribution in [-0.4, -0.2) is 15.0 Å². The summed E-state index contributed by atoms with van der Waals surface area (Å²) in [6, 6.07) is 1.20. The number of aromatic amines is 1. The molecular weight excluding hydrogens is 331 g/mol. The quantitative estimate of drug-likeness (QED) is 0.686. The summed E-state index contributed by atoms with van der Waals surface area (Å²) < 4.78 is 28.5. The van der Waals surface area contributed by atoms with Gasteiger partial charge in [0, 0.05) is 24.2 Å². The van der Waals surface area contributed by atoms with Crippen molar-refractivity contribution in [2.45, 2.75) is 17.3 Å². The number of rotatable bonds is 3. The van der Waals surface area contributed by atoms with E-state index in [4.69, 9.17) is 23.2 Å². The minimum atomic E-state index is -3.46. The second-order valence-corrected chi connectivity index (χ2v) is 5.71. The van der Waals surface area contributed by atoms with Gasteiger partial charge < -0.3 is 4.98 Å². The normalized spacial score (nSPS) is 11.7. The van der Waals surface area contributed by atoms with Gasteiger partial charge in [-0.05, 0) is 18.7 Å². The van der Waals surface area contributed by atoms with Crippen LogP contribution < -0.4 is 5.56 Å². The van der Waals surface area contributed by atoms with Crippen LogP contribution in [-0.2, 0) is 5.25 Å². The molecule has 0 bridgehead atoms. The molecule has 106 valence electrons. The largest absolute Gasteiger partial charge is 0.329 e. The smallest absolute Gasteiger partial charge is 0.301 e. The fraction of sp³-hybridized carbons (Fsp3) is 0.182. The van der Waals surface area contributed by atoms with Crippen molar-refractivity contribution >= 4 is 35.0 Å². The minimum Gasteiger partial charge on any atom is -0.301 e. The Morgan fingerprint density at radius 2 is 1.90 bits per heavy atom. The lowest BCUT2D eigenvalue weighted by molar-refractivity contribution is 0.105. The van der Waals surface area contributed by atoms with Crippen LogP contribution in [0.25, 0.3) is 0 Å². The van der Waals surface area contributed by atoms with Crippen molar-refractivity contribution in [3.63, 3.8) is 0 Å². The number of nitrogens with one attached hydrogen (secondary N) is 1. The molecule has 0 fully saturated rings. The number of hydrogen-bond donors (Lipinski definition) is 1. The van der Waals surface area contributed by atoms with E-state index in [1.807, 2.05) is 0 Å². The molecule has 9 heteroatoms. The van der Waals surface area contributed by atoms with Gasteiger partial charge in [-0.15, -0.1) is 0 Å². The highest BCUT2D eigenvalue weighted by molar-refractivity contribution is 7.99. The lowest BCUT2D eigenvalue weighted by Crippen LogP contribution is -2.14. The Bertz CT molecular complexity index is 688. The molecule has 0 aliphatic heterocycles. The second kappa shape index (κ2) is 5.67. The number of aromatic nitrogens is 3. The number of alkyl halides is 2. The zero-order valence-electron chi connectivity index (χ0n) is 9.95. The van der Waals surface area contributed by atoms with E-state index in [2.05, 4.69) is 15.0 Å². The van der Waals surface area contributed by atoms with Gasteiger partial charge in [-0.1, -0.05) is 23.2 Å². The van der Waals surface area contributed by atoms with Crippen LogP contribution in [0.4, 0.5) is 8.78 Å². The molecule has 2 heterocycles. The molecule has 0 spiro atoms. The summed E-state index contributed by atoms with van der Waals surface area (Å²) in [6.07, 6.45) is 2.15. The van der Waals surface area contributed by atoms with Gasteiger partial charge in [0.2, 0.25) is 0 Å². The molecule has 0 unspecified atom stereocenters. The summed E-state index contributed by atoms with van der Waals surface area (Å²) in [4.78, 5) is 20.9. The van der Waals surface area contributed by atoms with Crippen molar-refractivity contribution in [1.82, 2.24) is 15.0 Å². The predicted octanol–water partition coefficient (Wildman–Crippen LogP) is 3.62. The monoisotopic (exact) mass is 337 g/mol. The molecule has 0 saturated heterocycles. The van der Waals surface area contributed by atoms with E-state index in [0.29, 0.717) is 5.69 Å². The van der Waals surface area contributed by atoms with Gasteiger partial charge in [-0.3, -0.25) is 9.78 Å². The molecule has 1 N–H and O–H groups in total. The summed E-state index contributed by atoms with van der Waals surface area (Å²) in [5.41, 5.74) is -0.744. The Morgan fingerprint density at radius 1 is 1.30 bits per heavy atom. The third-order valence-corrected chi connectivity index (χ3v) is 3.64. The van der Waals surface area contributed by atoms with Crippen molar-refractivity contribution in [3.05, 3.63) is 50.1 Å². The molecule has 0 aliphatic carbocycles. The van der Waals surface area contributed by atoms with Crippen LogP contribution in [0.5, 0.6) is 0 Å². The first-order chi connectivity index (χ1) is 9.29. The standard InChI is InChI=1S/C11H7Cl2F2N3OS/c1-5-2-8(19)18-10(17-5)20-11(14,15)9-6(12)3-16-4-7(9)13/h2-4H,1H3,(H,17,18,19). The van der Waals surface area contributed by atoms with Crippen LogP contribution in [0.15, 0.2) is 28.4 Å². The summed E-state index contributed by atoms with van der Waals surface area (Å²) in [6.45, 7) is 1.53. The van der Waals surface area contributed by atoms with Gasteiger partial charge in [0.05, 0.1) is 15.6 Å². The number of hydrogen-bond acceptors (Lipinski definition) is 4. The van der Waals surface area contributed by atoms with Crippen LogP contribution in [0.3, 0.4) is 0 Å². The van der Waals surface area contributed by atoms with Crippen LogP contribution in [0.1, 0.15) is 11.3 Å². The van der Waals surface area contributed by atoms with Crippen molar-refractivity contribution in [1.29, 1.82) is 0 Å². The predicted molar refractivity (Wildman–Crippen MR) is 73.6 cm³/mol. The maximum atomic E-state index is 14.2. The minimum absolute atomic E-state index is 0.0590. The summed E-state index contributed by atoms with van der Waals surface area (Å²) in [7, 11) is 0. The first-order valence-electron chi connectivity index (χ1n) is 5.24. The van der Waals surface area contributed by atoms with E-state index >= 15 is 0 Å². The average molecular weight is 338 g/mol. The van der Waals surface area contributed by atoms with Gasteiger partial charge in [-0.2, -0.15) is 8.78 Å². The fourth-order valence-electron chi connectivity index (χ4n) is 1.46. The molecule has 0 aliphatic rings. The van der Waals surface area contributed by atoms with Gasteiger partial charge in [0.1, 0.15) is 0 Å². The topological polar surface area (TPSA) is 58.6 Å². The van der Waals surface area contributed by atoms with Crippen LogP contribution in [0.2, 0.25) is 10.0 Å². The summed E-state index contributed by atoms with van der Waals surface area (Å²) in [5.74, 6) is 0. The third kappa shape index (κ3) is 3.28. The van der Waals surface area contributed by atoms with E-state index in [1.54, 1.807) is 0 Å². The van der Waals surface area contributed by atoms with Gasteiger partial charge in [0.15, 0.2) is 5.16 Å². The molecule has 2 aromatic heterocycles. The van der Waals surface area contributed by atoms with E-state index in [9.17, 15) is 13.6 Å². The first-order valence-corrected chi connectivity index (χ1v) is 6.81. The molecule has 0 atom stereocenters. The molecule has 0 aromatic carbocycles. The Kier molecular flexibility index (Phi) is 4.31. The fourth-order valence-corrected chi connectivity index (χ4v) is 3.08. The zero-order chi connectivity index (χ0) is 14.9. The number of aryl methyl sites for hydroxylation is 1. The zero-order valence-corrected chi connectivity index (χ0v) is 12.3. The van der Waals surface area contributed by atoms with Gasteiger partial charge in [0.25, 0.3) is 5.56 Å². The molecule has 4 nitrogen and oxygen atoms in total. The maximum absolute atomic E-state index is 14.2. The van der Waals surface area contributed by atoms with Gasteiger partial charge in [-0.25, -0.2) is 4.98 Å². The Hall–Kier alpha value is -1.18. The SMILES string of the molecule is Cc1cc(=O)[nH]c(SC(F)(F)c2c(Cl)cncc2Cl)n1. The lowest BCUT2D eigenvalue weighted by atomic mass is 10.3. The van der Waals surface area contributed by atoms with Crippen LogP contribution in [0, 0.1) is 6.92 Å². The molecule has 2 aromatic rings. The van der Waals surface area contributed by atoms with Gasteiger partial charge >= 0.3 is 5.25 Å². The third-order valence-electron chi connectivity index (χ3n) is 2.22. The average Bonchev–Trinajstić information content (AvgIpc) is 2.25. The Labute approximate surface area is 126 Å². The Balaban J connectivity index is 2.43. The van der Waals surface area contributed by atoms with E-state index in [1.165, 1.54) is 13.0 Å². The highest BCUT2D eigenvalue weighted by atomic mass is 35.5. The van der Waals surface area contributed by atoms with E-state index < -0.39 is 16.4 Å². The van der Waals surface area contributed by atoms with Crippen molar-refractivity contribution in [2.24, 2.45) is 0 Å². The number of pyridine rings is 1. The summed E-state index contributed by atoms with van der Waals surface area (Å²) >= 11 is 11.5. The van der Waals surface area contributed by atoms with E-state index in [0.717, 1.165) is 12.4 Å². The number of thioether (sulfide) groups is 1. The first kappa shape index (κ1) is 15.2. The molecule has 2 rings (SSSR count). The molecular formula is C11H7Cl2F2N3OS. The second-order valence-electron chi connectivity index (χ2n) is 3.79. The lowest BCUT2D eigenvalue weighted by Gasteiger charge is -2.17. The summed E-state index contributed by atoms with van der Waals surface area (Å²) in [5, 5.41) is -4.19. The number of H-pyrrole nitrogens is 1. The molecule has 20 heavy (non-hydrogen) atoms. The molecule has 0 saturated carbocycles. The van der Waals surface area contributed by atoms with E-state index in [-0.39, 0.29) is 27.0 Å². The molecule has 0 radical (unpaired) electrons. The highest BCUT2D eigenvalue weighted by Crippen LogP contribution is 2.47. The number of halogens is 4. The van der Waals surface area contributed by atoms with Crippen molar-refractivity contribution in [3.8, 4) is 0 Å². The number of nitrogens with zero attached hydrogens (tertiary/aromatic N) is 2.